The highest BCUT2D eigenvalue weighted by atomic mass is 127. The zero-order valence-electron chi connectivity index (χ0n) is 13.8. The second kappa shape index (κ2) is 7.25. The van der Waals surface area contributed by atoms with Crippen LogP contribution in [0.1, 0.15) is 10.4 Å². The Balaban J connectivity index is 1.79. The normalized spacial score (nSPS) is 10.7. The van der Waals surface area contributed by atoms with Gasteiger partial charge < -0.3 is 5.32 Å². The highest BCUT2D eigenvalue weighted by Crippen LogP contribution is 2.25. The number of nitrogens with zero attached hydrogens (tertiary/aromatic N) is 1. The number of hydrogen-bond donors (Lipinski definition) is 1. The molecule has 0 aliphatic rings. The monoisotopic (exact) mass is 450 g/mol. The Bertz CT molecular complexity index is 1080. The molecule has 0 unspecified atom stereocenters. The summed E-state index contributed by atoms with van der Waals surface area (Å²) in [4.78, 5) is 17.7. The minimum absolute atomic E-state index is 0.137. The van der Waals surface area contributed by atoms with E-state index >= 15 is 0 Å². The number of amides is 1. The summed E-state index contributed by atoms with van der Waals surface area (Å²) in [6.45, 7) is 0. The van der Waals surface area contributed by atoms with Crippen molar-refractivity contribution in [2.75, 3.05) is 5.32 Å². The lowest BCUT2D eigenvalue weighted by molar-refractivity contribution is 0.102. The molecule has 1 aromatic heterocycles. The summed E-state index contributed by atoms with van der Waals surface area (Å²) in [5, 5.41) is 3.83. The third-order valence-electron chi connectivity index (χ3n) is 4.13. The molecule has 1 N–H and O–H groups in total. The van der Waals surface area contributed by atoms with Crippen molar-refractivity contribution in [3.63, 3.8) is 0 Å². The SMILES string of the molecule is O=C(Nc1ccc(I)cc1)c1cc(-c2ccccc2)nc2ccccc12. The largest absolute Gasteiger partial charge is 0.322 e. The van der Waals surface area contributed by atoms with E-state index in [1.807, 2.05) is 84.9 Å². The van der Waals surface area contributed by atoms with E-state index in [2.05, 4.69) is 27.9 Å². The fourth-order valence-electron chi connectivity index (χ4n) is 2.85. The maximum atomic E-state index is 13.0. The number of fused-ring (bicyclic) bond motifs is 1. The number of carbonyl (C=O) groups is 1. The first-order valence-electron chi connectivity index (χ1n) is 8.23. The van der Waals surface area contributed by atoms with E-state index in [9.17, 15) is 4.79 Å². The van der Waals surface area contributed by atoms with Crippen molar-refractivity contribution in [3.8, 4) is 11.3 Å². The third-order valence-corrected chi connectivity index (χ3v) is 4.85. The molecule has 3 nitrogen and oxygen atoms in total. The molecule has 0 fully saturated rings. The molecule has 0 aliphatic heterocycles. The highest BCUT2D eigenvalue weighted by molar-refractivity contribution is 14.1. The Hall–Kier alpha value is -2.73. The van der Waals surface area contributed by atoms with Crippen LogP contribution in [0.25, 0.3) is 22.2 Å². The number of pyridine rings is 1. The standard InChI is InChI=1S/C22H15IN2O/c23-16-10-12-17(13-11-16)24-22(26)19-14-21(15-6-2-1-3-7-15)25-20-9-5-4-8-18(19)20/h1-14H,(H,24,26). The van der Waals surface area contributed by atoms with Crippen LogP contribution in [0.15, 0.2) is 84.9 Å². The summed E-state index contributed by atoms with van der Waals surface area (Å²) in [6.07, 6.45) is 0. The number of benzene rings is 3. The van der Waals surface area contributed by atoms with Gasteiger partial charge >= 0.3 is 0 Å². The van der Waals surface area contributed by atoms with Gasteiger partial charge in [0.25, 0.3) is 5.91 Å². The zero-order chi connectivity index (χ0) is 17.9. The van der Waals surface area contributed by atoms with Gasteiger partial charge in [0.1, 0.15) is 0 Å². The minimum Gasteiger partial charge on any atom is -0.322 e. The number of carbonyl (C=O) groups excluding carboxylic acids is 1. The van der Waals surface area contributed by atoms with Crippen LogP contribution >= 0.6 is 22.6 Å². The number of para-hydroxylation sites is 1. The first kappa shape index (κ1) is 16.7. The van der Waals surface area contributed by atoms with Crippen LogP contribution < -0.4 is 5.32 Å². The Kier molecular flexibility index (Phi) is 4.67. The number of aromatic nitrogens is 1. The summed E-state index contributed by atoms with van der Waals surface area (Å²) >= 11 is 2.24. The van der Waals surface area contributed by atoms with Crippen LogP contribution in [-0.4, -0.2) is 10.9 Å². The second-order valence-corrected chi connectivity index (χ2v) is 7.14. The van der Waals surface area contributed by atoms with E-state index in [4.69, 9.17) is 4.98 Å². The molecule has 1 heterocycles. The molecule has 26 heavy (non-hydrogen) atoms. The number of nitrogens with one attached hydrogen (secondary N) is 1. The molecule has 4 heteroatoms. The van der Waals surface area contributed by atoms with Crippen LogP contribution in [0, 0.1) is 3.57 Å². The number of halogens is 1. The van der Waals surface area contributed by atoms with E-state index in [1.54, 1.807) is 0 Å². The van der Waals surface area contributed by atoms with Crippen molar-refractivity contribution in [1.29, 1.82) is 0 Å². The van der Waals surface area contributed by atoms with Gasteiger partial charge in [-0.15, -0.1) is 0 Å². The molecule has 126 valence electrons. The molecule has 4 rings (SSSR count). The first-order chi connectivity index (χ1) is 12.7. The Morgan fingerprint density at radius 3 is 2.31 bits per heavy atom. The molecule has 0 saturated carbocycles. The average molecular weight is 450 g/mol. The van der Waals surface area contributed by atoms with Gasteiger partial charge in [-0.3, -0.25) is 4.79 Å². The maximum Gasteiger partial charge on any atom is 0.256 e. The Morgan fingerprint density at radius 2 is 1.54 bits per heavy atom. The van der Waals surface area contributed by atoms with Gasteiger partial charge in [-0.25, -0.2) is 4.98 Å². The molecule has 4 aromatic rings. The van der Waals surface area contributed by atoms with Crippen molar-refractivity contribution in [3.05, 3.63) is 94.1 Å². The average Bonchev–Trinajstić information content (AvgIpc) is 2.69. The second-order valence-electron chi connectivity index (χ2n) is 5.90. The summed E-state index contributed by atoms with van der Waals surface area (Å²) in [5.74, 6) is -0.137. The molecule has 0 bridgehead atoms. The van der Waals surface area contributed by atoms with E-state index in [1.165, 1.54) is 0 Å². The van der Waals surface area contributed by atoms with Gasteiger partial charge in [0, 0.05) is 20.2 Å². The lowest BCUT2D eigenvalue weighted by Gasteiger charge is -2.11. The summed E-state index contributed by atoms with van der Waals surface area (Å²) in [6, 6.07) is 27.2. The van der Waals surface area contributed by atoms with Crippen molar-refractivity contribution in [2.24, 2.45) is 0 Å². The van der Waals surface area contributed by atoms with Gasteiger partial charge in [0.2, 0.25) is 0 Å². The Morgan fingerprint density at radius 1 is 0.846 bits per heavy atom. The fourth-order valence-corrected chi connectivity index (χ4v) is 3.21. The topological polar surface area (TPSA) is 42.0 Å². The summed E-state index contributed by atoms with van der Waals surface area (Å²) in [7, 11) is 0. The lowest BCUT2D eigenvalue weighted by atomic mass is 10.0. The van der Waals surface area contributed by atoms with E-state index < -0.39 is 0 Å². The highest BCUT2D eigenvalue weighted by Gasteiger charge is 2.14. The number of hydrogen-bond acceptors (Lipinski definition) is 2. The van der Waals surface area contributed by atoms with Gasteiger partial charge in [-0.2, -0.15) is 0 Å². The smallest absolute Gasteiger partial charge is 0.256 e. The maximum absolute atomic E-state index is 13.0. The molecular weight excluding hydrogens is 435 g/mol. The summed E-state index contributed by atoms with van der Waals surface area (Å²) < 4.78 is 1.13. The van der Waals surface area contributed by atoms with Crippen LogP contribution in [0.5, 0.6) is 0 Å². The summed E-state index contributed by atoms with van der Waals surface area (Å²) in [5.41, 5.74) is 3.98. The van der Waals surface area contributed by atoms with Gasteiger partial charge in [0.15, 0.2) is 0 Å². The molecule has 0 saturated heterocycles. The Labute approximate surface area is 165 Å². The molecule has 0 aliphatic carbocycles. The minimum atomic E-state index is -0.137. The van der Waals surface area contributed by atoms with Crippen LogP contribution in [0.3, 0.4) is 0 Å². The lowest BCUT2D eigenvalue weighted by Crippen LogP contribution is -2.13. The van der Waals surface area contributed by atoms with Crippen LogP contribution in [-0.2, 0) is 0 Å². The van der Waals surface area contributed by atoms with E-state index in [-0.39, 0.29) is 5.91 Å². The van der Waals surface area contributed by atoms with Crippen molar-refractivity contribution in [2.45, 2.75) is 0 Å². The molecule has 0 radical (unpaired) electrons. The number of anilines is 1. The zero-order valence-corrected chi connectivity index (χ0v) is 16.0. The van der Waals surface area contributed by atoms with Crippen molar-refractivity contribution in [1.82, 2.24) is 4.98 Å². The molecule has 0 atom stereocenters. The predicted molar refractivity (Wildman–Crippen MR) is 114 cm³/mol. The fraction of sp³-hybridized carbons (Fsp3) is 0. The van der Waals surface area contributed by atoms with Crippen molar-refractivity contribution < 1.29 is 4.79 Å². The van der Waals surface area contributed by atoms with Gasteiger partial charge in [-0.05, 0) is 59.0 Å². The van der Waals surface area contributed by atoms with E-state index in [0.717, 1.165) is 31.4 Å². The molecule has 0 spiro atoms. The van der Waals surface area contributed by atoms with Crippen LogP contribution in [0.4, 0.5) is 5.69 Å². The molecule has 1 amide bonds. The van der Waals surface area contributed by atoms with Gasteiger partial charge in [0.05, 0.1) is 16.8 Å². The van der Waals surface area contributed by atoms with Crippen molar-refractivity contribution >= 4 is 45.1 Å². The van der Waals surface area contributed by atoms with Gasteiger partial charge in [-0.1, -0.05) is 48.5 Å². The predicted octanol–water partition coefficient (Wildman–Crippen LogP) is 5.76. The third kappa shape index (κ3) is 3.46. The number of rotatable bonds is 3. The van der Waals surface area contributed by atoms with E-state index in [0.29, 0.717) is 5.56 Å². The van der Waals surface area contributed by atoms with Crippen LogP contribution in [0.2, 0.25) is 0 Å². The first-order valence-corrected chi connectivity index (χ1v) is 9.31. The quantitative estimate of drug-likeness (QED) is 0.404. The molecule has 3 aromatic carbocycles. The molecular formula is C22H15IN2O.